The smallest absolute Gasteiger partial charge is 0.423 e. The highest BCUT2D eigenvalue weighted by Gasteiger charge is 2.20. The van der Waals surface area contributed by atoms with E-state index in [9.17, 15) is 10.0 Å². The van der Waals surface area contributed by atoms with Crippen LogP contribution in [-0.4, -0.2) is 35.2 Å². The molecule has 1 aromatic rings. The maximum atomic E-state index is 9.35. The van der Waals surface area contributed by atoms with Crippen LogP contribution in [0.15, 0.2) is 12.1 Å². The van der Waals surface area contributed by atoms with Crippen molar-refractivity contribution in [3.8, 4) is 0 Å². The molecule has 4 nitrogen and oxygen atoms in total. The minimum atomic E-state index is -1.40. The molecule has 2 heterocycles. The van der Waals surface area contributed by atoms with Crippen molar-refractivity contribution in [3.05, 3.63) is 23.5 Å². The van der Waals surface area contributed by atoms with E-state index in [1.165, 1.54) is 0 Å². The van der Waals surface area contributed by atoms with Gasteiger partial charge >= 0.3 is 7.12 Å². The number of aromatic nitrogens is 1. The molecule has 0 aliphatic carbocycles. The van der Waals surface area contributed by atoms with Crippen molar-refractivity contribution >= 4 is 12.6 Å². The number of hydrogen-bond donors (Lipinski definition) is 3. The molecule has 98 valence electrons. The highest BCUT2D eigenvalue weighted by molar-refractivity contribution is 6.58. The van der Waals surface area contributed by atoms with Crippen molar-refractivity contribution in [3.63, 3.8) is 0 Å². The average molecular weight is 248 g/mol. The Balaban J connectivity index is 2.26. The predicted molar refractivity (Wildman–Crippen MR) is 72.9 cm³/mol. The second kappa shape index (κ2) is 6.32. The quantitative estimate of drug-likeness (QED) is 0.665. The lowest BCUT2D eigenvalue weighted by atomic mass is 9.78. The summed E-state index contributed by atoms with van der Waals surface area (Å²) < 4.78 is 0. The first-order chi connectivity index (χ1) is 8.70. The number of nitrogens with zero attached hydrogens (tertiary/aromatic N) is 1. The summed E-state index contributed by atoms with van der Waals surface area (Å²) in [6, 6.07) is 3.63. The van der Waals surface area contributed by atoms with Crippen LogP contribution >= 0.6 is 0 Å². The number of rotatable bonds is 4. The molecule has 3 N–H and O–H groups in total. The number of nitrogens with one attached hydrogen (secondary N) is 1. The fourth-order valence-electron chi connectivity index (χ4n) is 2.48. The lowest BCUT2D eigenvalue weighted by molar-refractivity contribution is 0.425. The molecule has 1 aliphatic rings. The molecule has 0 spiro atoms. The Morgan fingerprint density at radius 2 is 2.28 bits per heavy atom. The predicted octanol–water partition coefficient (Wildman–Crippen LogP) is 0.181. The first-order valence-electron chi connectivity index (χ1n) is 6.78. The van der Waals surface area contributed by atoms with Crippen molar-refractivity contribution in [1.82, 2.24) is 10.3 Å². The monoisotopic (exact) mass is 248 g/mol. The van der Waals surface area contributed by atoms with Gasteiger partial charge in [-0.15, -0.1) is 0 Å². The number of aryl methyl sites for hydroxylation is 1. The van der Waals surface area contributed by atoms with Gasteiger partial charge in [0.05, 0.1) is 0 Å². The zero-order chi connectivity index (χ0) is 13.0. The Labute approximate surface area is 109 Å². The van der Waals surface area contributed by atoms with Gasteiger partial charge in [0.1, 0.15) is 0 Å². The summed E-state index contributed by atoms with van der Waals surface area (Å²) in [7, 11) is -1.40. The second-order valence-corrected chi connectivity index (χ2v) is 4.98. The van der Waals surface area contributed by atoms with E-state index < -0.39 is 7.12 Å². The van der Waals surface area contributed by atoms with E-state index in [2.05, 4.69) is 17.2 Å². The van der Waals surface area contributed by atoms with Gasteiger partial charge < -0.3 is 15.4 Å². The summed E-state index contributed by atoms with van der Waals surface area (Å²) in [5.74, 6) is 0.396. The van der Waals surface area contributed by atoms with Crippen LogP contribution in [0.3, 0.4) is 0 Å². The van der Waals surface area contributed by atoms with Gasteiger partial charge in [-0.2, -0.15) is 0 Å². The minimum absolute atomic E-state index is 0.396. The molecule has 1 aromatic heterocycles. The second-order valence-electron chi connectivity index (χ2n) is 4.98. The zero-order valence-electron chi connectivity index (χ0n) is 10.9. The van der Waals surface area contributed by atoms with Gasteiger partial charge in [0, 0.05) is 23.9 Å². The summed E-state index contributed by atoms with van der Waals surface area (Å²) in [5, 5.41) is 22.1. The largest absolute Gasteiger partial charge is 0.488 e. The van der Waals surface area contributed by atoms with E-state index in [1.807, 2.05) is 6.07 Å². The van der Waals surface area contributed by atoms with Crippen molar-refractivity contribution in [2.75, 3.05) is 13.1 Å². The third-order valence-corrected chi connectivity index (χ3v) is 3.44. The minimum Gasteiger partial charge on any atom is -0.423 e. The van der Waals surface area contributed by atoms with Gasteiger partial charge in [-0.25, -0.2) is 0 Å². The topological polar surface area (TPSA) is 65.4 Å². The Kier molecular flexibility index (Phi) is 4.75. The first kappa shape index (κ1) is 13.5. The van der Waals surface area contributed by atoms with Crippen LogP contribution in [0.25, 0.3) is 0 Å². The highest BCUT2D eigenvalue weighted by atomic mass is 16.4. The summed E-state index contributed by atoms with van der Waals surface area (Å²) in [4.78, 5) is 4.67. The molecule has 1 aliphatic heterocycles. The molecule has 5 heteroatoms. The van der Waals surface area contributed by atoms with Crippen LogP contribution in [0.1, 0.15) is 43.5 Å². The molecule has 1 saturated heterocycles. The Hall–Kier alpha value is -0.905. The van der Waals surface area contributed by atoms with E-state index in [4.69, 9.17) is 0 Å². The standard InChI is InChI=1S/C13H21BN2O2/c1-2-4-12-7-11(14(17)18)8-13(16-12)10-5-3-6-15-9-10/h7-8,10,15,17-18H,2-6,9H2,1H3. The van der Waals surface area contributed by atoms with E-state index in [0.717, 1.165) is 50.2 Å². The third-order valence-electron chi connectivity index (χ3n) is 3.44. The number of pyridine rings is 1. The first-order valence-corrected chi connectivity index (χ1v) is 6.78. The van der Waals surface area contributed by atoms with Crippen molar-refractivity contribution in [1.29, 1.82) is 0 Å². The normalized spacial score (nSPS) is 19.8. The fraction of sp³-hybridized carbons (Fsp3) is 0.615. The van der Waals surface area contributed by atoms with Gasteiger partial charge in [-0.3, -0.25) is 4.98 Å². The third kappa shape index (κ3) is 3.31. The van der Waals surface area contributed by atoms with E-state index in [-0.39, 0.29) is 0 Å². The average Bonchev–Trinajstić information content (AvgIpc) is 2.40. The van der Waals surface area contributed by atoms with Gasteiger partial charge in [0.2, 0.25) is 0 Å². The molecule has 0 bridgehead atoms. The molecule has 0 amide bonds. The molecule has 1 fully saturated rings. The zero-order valence-corrected chi connectivity index (χ0v) is 10.9. The summed E-state index contributed by atoms with van der Waals surface area (Å²) in [6.45, 7) is 4.11. The van der Waals surface area contributed by atoms with Crippen LogP contribution < -0.4 is 10.8 Å². The van der Waals surface area contributed by atoms with Crippen LogP contribution in [0, 0.1) is 0 Å². The number of hydrogen-bond acceptors (Lipinski definition) is 4. The summed E-state index contributed by atoms with van der Waals surface area (Å²) in [6.07, 6.45) is 4.17. The number of piperidine rings is 1. The van der Waals surface area contributed by atoms with Crippen molar-refractivity contribution in [2.45, 2.75) is 38.5 Å². The van der Waals surface area contributed by atoms with Crippen LogP contribution in [-0.2, 0) is 6.42 Å². The van der Waals surface area contributed by atoms with E-state index in [0.29, 0.717) is 11.4 Å². The molecular formula is C13H21BN2O2. The van der Waals surface area contributed by atoms with E-state index >= 15 is 0 Å². The SMILES string of the molecule is CCCc1cc(B(O)O)cc(C2CCCNC2)n1. The van der Waals surface area contributed by atoms with Crippen molar-refractivity contribution < 1.29 is 10.0 Å². The molecule has 0 saturated carbocycles. The van der Waals surface area contributed by atoms with Gasteiger partial charge in [-0.1, -0.05) is 13.3 Å². The molecule has 1 unspecified atom stereocenters. The molecule has 18 heavy (non-hydrogen) atoms. The molecule has 1 atom stereocenters. The maximum absolute atomic E-state index is 9.35. The van der Waals surface area contributed by atoms with Gasteiger partial charge in [-0.05, 0) is 43.4 Å². The lowest BCUT2D eigenvalue weighted by Gasteiger charge is -2.23. The van der Waals surface area contributed by atoms with Gasteiger partial charge in [0.25, 0.3) is 0 Å². The maximum Gasteiger partial charge on any atom is 0.488 e. The molecular weight excluding hydrogens is 227 g/mol. The van der Waals surface area contributed by atoms with Crippen LogP contribution in [0.2, 0.25) is 0 Å². The summed E-state index contributed by atoms with van der Waals surface area (Å²) >= 11 is 0. The van der Waals surface area contributed by atoms with Crippen LogP contribution in [0.4, 0.5) is 0 Å². The lowest BCUT2D eigenvalue weighted by Crippen LogP contribution is -2.33. The van der Waals surface area contributed by atoms with E-state index in [1.54, 1.807) is 6.07 Å². The summed E-state index contributed by atoms with van der Waals surface area (Å²) in [5.41, 5.74) is 2.52. The Morgan fingerprint density at radius 3 is 2.89 bits per heavy atom. The van der Waals surface area contributed by atoms with Crippen LogP contribution in [0.5, 0.6) is 0 Å². The van der Waals surface area contributed by atoms with Crippen molar-refractivity contribution in [2.24, 2.45) is 0 Å². The Morgan fingerprint density at radius 1 is 1.44 bits per heavy atom. The van der Waals surface area contributed by atoms with Gasteiger partial charge in [0.15, 0.2) is 0 Å². The molecule has 0 radical (unpaired) electrons. The molecule has 0 aromatic carbocycles. The molecule has 2 rings (SSSR count). The fourth-order valence-corrected chi connectivity index (χ4v) is 2.48. The highest BCUT2D eigenvalue weighted by Crippen LogP contribution is 2.21. The Bertz CT molecular complexity index is 393.